The highest BCUT2D eigenvalue weighted by Gasteiger charge is 2.27. The van der Waals surface area contributed by atoms with Crippen LogP contribution in [0.2, 0.25) is 0 Å². The summed E-state index contributed by atoms with van der Waals surface area (Å²) in [6.45, 7) is 3.33. The van der Waals surface area contributed by atoms with Gasteiger partial charge in [-0.3, -0.25) is 4.90 Å². The highest BCUT2D eigenvalue weighted by Crippen LogP contribution is 2.21. The quantitative estimate of drug-likeness (QED) is 0.855. The monoisotopic (exact) mass is 277 g/mol. The van der Waals surface area contributed by atoms with E-state index in [1.165, 1.54) is 12.1 Å². The van der Waals surface area contributed by atoms with Crippen LogP contribution >= 0.6 is 0 Å². The Balaban J connectivity index is 2.15. The van der Waals surface area contributed by atoms with Crippen molar-refractivity contribution < 1.29 is 14.2 Å². The number of halogens is 1. The van der Waals surface area contributed by atoms with Gasteiger partial charge < -0.3 is 9.84 Å². The van der Waals surface area contributed by atoms with Crippen molar-refractivity contribution >= 4 is 0 Å². The maximum absolute atomic E-state index is 13.3. The Morgan fingerprint density at radius 3 is 2.95 bits per heavy atom. The molecule has 0 saturated carbocycles. The van der Waals surface area contributed by atoms with Crippen LogP contribution in [0, 0.1) is 17.7 Å². The molecule has 1 aromatic carbocycles. The van der Waals surface area contributed by atoms with Gasteiger partial charge in [0.25, 0.3) is 0 Å². The third-order valence-electron chi connectivity index (χ3n) is 3.70. The number of aliphatic hydroxyl groups is 1. The molecule has 4 heteroatoms. The maximum Gasteiger partial charge on any atom is 0.124 e. The lowest BCUT2D eigenvalue weighted by Crippen LogP contribution is -2.36. The number of nitrogens with zero attached hydrogens (tertiary/aromatic N) is 1. The van der Waals surface area contributed by atoms with Crippen LogP contribution in [0.3, 0.4) is 0 Å². The van der Waals surface area contributed by atoms with E-state index in [0.29, 0.717) is 18.2 Å². The predicted molar refractivity (Wildman–Crippen MR) is 75.6 cm³/mol. The Kier molecular flexibility index (Phi) is 5.13. The summed E-state index contributed by atoms with van der Waals surface area (Å²) in [5, 5.41) is 8.78. The third-order valence-corrected chi connectivity index (χ3v) is 3.70. The average Bonchev–Trinajstić information content (AvgIpc) is 2.85. The molecule has 0 bridgehead atoms. The fourth-order valence-electron chi connectivity index (χ4n) is 2.62. The smallest absolute Gasteiger partial charge is 0.124 e. The van der Waals surface area contributed by atoms with Crippen LogP contribution in [-0.4, -0.2) is 42.4 Å². The fourth-order valence-corrected chi connectivity index (χ4v) is 2.62. The zero-order chi connectivity index (χ0) is 14.5. The number of hydrogen-bond acceptors (Lipinski definition) is 3. The van der Waals surface area contributed by atoms with Gasteiger partial charge in [0.2, 0.25) is 0 Å². The molecule has 1 aromatic rings. The predicted octanol–water partition coefficient (Wildman–Crippen LogP) is 1.78. The standard InChI is InChI=1S/C16H20FNO2/c1-12-16(7-9-20-12)18(2)11-14-5-6-15(17)10-13(14)4-3-8-19/h5-6,10,12,16,19H,7-9,11H2,1-2H3. The first-order chi connectivity index (χ1) is 9.61. The molecule has 1 aliphatic heterocycles. The molecule has 1 N–H and O–H groups in total. The van der Waals surface area contributed by atoms with Crippen LogP contribution < -0.4 is 0 Å². The molecule has 1 heterocycles. The molecule has 0 amide bonds. The second-order valence-corrected chi connectivity index (χ2v) is 5.11. The van der Waals surface area contributed by atoms with Gasteiger partial charge in [0, 0.05) is 24.8 Å². The number of aliphatic hydroxyl groups excluding tert-OH is 1. The minimum Gasteiger partial charge on any atom is -0.384 e. The minimum absolute atomic E-state index is 0.215. The second-order valence-electron chi connectivity index (χ2n) is 5.11. The third kappa shape index (κ3) is 3.57. The van der Waals surface area contributed by atoms with Crippen molar-refractivity contribution in [2.75, 3.05) is 20.3 Å². The number of hydrogen-bond donors (Lipinski definition) is 1. The number of ether oxygens (including phenoxy) is 1. The average molecular weight is 277 g/mol. The van der Waals surface area contributed by atoms with Crippen molar-refractivity contribution in [3.8, 4) is 11.8 Å². The highest BCUT2D eigenvalue weighted by atomic mass is 19.1. The Hall–Kier alpha value is -1.41. The molecule has 2 atom stereocenters. The Labute approximate surface area is 119 Å². The summed E-state index contributed by atoms with van der Waals surface area (Å²) in [6, 6.07) is 4.99. The van der Waals surface area contributed by atoms with E-state index in [1.54, 1.807) is 6.07 Å². The van der Waals surface area contributed by atoms with E-state index in [-0.39, 0.29) is 18.5 Å². The maximum atomic E-state index is 13.3. The lowest BCUT2D eigenvalue weighted by atomic mass is 10.0. The fraction of sp³-hybridized carbons (Fsp3) is 0.500. The molecular formula is C16H20FNO2. The second kappa shape index (κ2) is 6.85. The lowest BCUT2D eigenvalue weighted by molar-refractivity contribution is 0.0814. The summed E-state index contributed by atoms with van der Waals surface area (Å²) in [7, 11) is 2.04. The Morgan fingerprint density at radius 2 is 2.30 bits per heavy atom. The molecule has 3 nitrogen and oxygen atoms in total. The number of likely N-dealkylation sites (N-methyl/N-ethyl adjacent to an activating group) is 1. The van der Waals surface area contributed by atoms with Gasteiger partial charge in [0.1, 0.15) is 12.4 Å². The largest absolute Gasteiger partial charge is 0.384 e. The van der Waals surface area contributed by atoms with E-state index in [1.807, 2.05) is 7.05 Å². The van der Waals surface area contributed by atoms with Gasteiger partial charge in [0.15, 0.2) is 0 Å². The molecule has 0 radical (unpaired) electrons. The first-order valence-corrected chi connectivity index (χ1v) is 6.82. The van der Waals surface area contributed by atoms with Gasteiger partial charge in [-0.25, -0.2) is 4.39 Å². The minimum atomic E-state index is -0.309. The van der Waals surface area contributed by atoms with Crippen LogP contribution in [0.5, 0.6) is 0 Å². The van der Waals surface area contributed by atoms with Crippen LogP contribution in [0.15, 0.2) is 18.2 Å². The first kappa shape index (κ1) is 15.0. The molecule has 0 aromatic heterocycles. The molecule has 0 aliphatic carbocycles. The molecule has 1 fully saturated rings. The Morgan fingerprint density at radius 1 is 1.50 bits per heavy atom. The zero-order valence-electron chi connectivity index (χ0n) is 11.9. The summed E-state index contributed by atoms with van der Waals surface area (Å²) in [6.07, 6.45) is 1.23. The molecular weight excluding hydrogens is 257 g/mol. The molecule has 2 unspecified atom stereocenters. The van der Waals surface area contributed by atoms with Crippen molar-refractivity contribution in [3.63, 3.8) is 0 Å². The van der Waals surface area contributed by atoms with E-state index in [2.05, 4.69) is 23.7 Å². The Bertz CT molecular complexity index is 521. The summed E-state index contributed by atoms with van der Waals surface area (Å²) in [5.74, 6) is 5.08. The van der Waals surface area contributed by atoms with Crippen molar-refractivity contribution in [2.24, 2.45) is 0 Å². The van der Waals surface area contributed by atoms with Gasteiger partial charge in [-0.1, -0.05) is 17.9 Å². The van der Waals surface area contributed by atoms with Crippen molar-refractivity contribution in [3.05, 3.63) is 35.1 Å². The lowest BCUT2D eigenvalue weighted by Gasteiger charge is -2.27. The van der Waals surface area contributed by atoms with E-state index in [0.717, 1.165) is 18.6 Å². The SMILES string of the molecule is CC1OCCC1N(C)Cc1ccc(F)cc1C#CCO. The molecule has 20 heavy (non-hydrogen) atoms. The topological polar surface area (TPSA) is 32.7 Å². The van der Waals surface area contributed by atoms with Crippen LogP contribution in [-0.2, 0) is 11.3 Å². The van der Waals surface area contributed by atoms with E-state index in [4.69, 9.17) is 9.84 Å². The molecule has 0 spiro atoms. The van der Waals surface area contributed by atoms with Crippen molar-refractivity contribution in [1.82, 2.24) is 4.90 Å². The molecule has 1 aliphatic rings. The summed E-state index contributed by atoms with van der Waals surface area (Å²) in [4.78, 5) is 2.22. The number of rotatable bonds is 3. The van der Waals surface area contributed by atoms with Gasteiger partial charge in [-0.15, -0.1) is 0 Å². The summed E-state index contributed by atoms with van der Waals surface area (Å²) >= 11 is 0. The van der Waals surface area contributed by atoms with Crippen molar-refractivity contribution in [2.45, 2.75) is 32.0 Å². The highest BCUT2D eigenvalue weighted by molar-refractivity contribution is 5.41. The van der Waals surface area contributed by atoms with Crippen LogP contribution in [0.4, 0.5) is 4.39 Å². The zero-order valence-corrected chi connectivity index (χ0v) is 11.9. The molecule has 1 saturated heterocycles. The van der Waals surface area contributed by atoms with Gasteiger partial charge in [0.05, 0.1) is 6.10 Å². The summed E-state index contributed by atoms with van der Waals surface area (Å²) in [5.41, 5.74) is 1.60. The van der Waals surface area contributed by atoms with Gasteiger partial charge >= 0.3 is 0 Å². The number of benzene rings is 1. The van der Waals surface area contributed by atoms with E-state index < -0.39 is 0 Å². The molecule has 2 rings (SSSR count). The summed E-state index contributed by atoms with van der Waals surface area (Å²) < 4.78 is 18.9. The van der Waals surface area contributed by atoms with E-state index in [9.17, 15) is 4.39 Å². The van der Waals surface area contributed by atoms with Crippen LogP contribution in [0.1, 0.15) is 24.5 Å². The van der Waals surface area contributed by atoms with Gasteiger partial charge in [-0.2, -0.15) is 0 Å². The normalized spacial score (nSPS) is 21.9. The van der Waals surface area contributed by atoms with E-state index >= 15 is 0 Å². The molecule has 108 valence electrons. The van der Waals surface area contributed by atoms with Crippen molar-refractivity contribution in [1.29, 1.82) is 0 Å². The van der Waals surface area contributed by atoms with Crippen LogP contribution in [0.25, 0.3) is 0 Å². The van der Waals surface area contributed by atoms with Gasteiger partial charge in [-0.05, 0) is 38.1 Å². The first-order valence-electron chi connectivity index (χ1n) is 6.82.